The van der Waals surface area contributed by atoms with E-state index in [0.29, 0.717) is 42.1 Å². The first-order valence-corrected chi connectivity index (χ1v) is 11.9. The number of piperazine rings is 1. The second-order valence-corrected chi connectivity index (χ2v) is 9.55. The number of halogens is 4. The van der Waals surface area contributed by atoms with E-state index in [0.717, 1.165) is 19.2 Å². The molecule has 0 bridgehead atoms. The summed E-state index contributed by atoms with van der Waals surface area (Å²) in [6, 6.07) is 5.34. The quantitative estimate of drug-likeness (QED) is 0.539. The zero-order valence-electron chi connectivity index (χ0n) is 17.8. The molecule has 3 aromatic rings. The lowest BCUT2D eigenvalue weighted by Crippen LogP contribution is -2.64. The number of hydrogen-bond donors (Lipinski definition) is 0. The van der Waals surface area contributed by atoms with Gasteiger partial charge in [-0.2, -0.15) is 13.2 Å². The molecule has 34 heavy (non-hydrogen) atoms. The van der Waals surface area contributed by atoms with E-state index in [1.54, 1.807) is 21.4 Å². The van der Waals surface area contributed by atoms with E-state index in [-0.39, 0.29) is 28.4 Å². The summed E-state index contributed by atoms with van der Waals surface area (Å²) in [5.74, 6) is -0.251. The SMILES string of the molecule is O=C(c1ccc2nc(C(F)(F)F)cc(Cl)c2c1)N1CC(N2CCN(C(=O)c3nccs3)CC2)C1. The van der Waals surface area contributed by atoms with Gasteiger partial charge in [0, 0.05) is 67.8 Å². The summed E-state index contributed by atoms with van der Waals surface area (Å²) in [5, 5.41) is 2.48. The van der Waals surface area contributed by atoms with Crippen LogP contribution in [-0.2, 0) is 6.18 Å². The number of likely N-dealkylation sites (tertiary alicyclic amines) is 1. The molecule has 2 saturated heterocycles. The molecule has 5 rings (SSSR count). The van der Waals surface area contributed by atoms with E-state index in [9.17, 15) is 22.8 Å². The molecule has 7 nitrogen and oxygen atoms in total. The van der Waals surface area contributed by atoms with Crippen LogP contribution >= 0.6 is 22.9 Å². The molecule has 2 fully saturated rings. The van der Waals surface area contributed by atoms with Crippen LogP contribution < -0.4 is 0 Å². The van der Waals surface area contributed by atoms with Gasteiger partial charge in [-0.1, -0.05) is 11.6 Å². The van der Waals surface area contributed by atoms with Crippen molar-refractivity contribution >= 4 is 45.7 Å². The smallest absolute Gasteiger partial charge is 0.335 e. The van der Waals surface area contributed by atoms with Gasteiger partial charge in [-0.05, 0) is 24.3 Å². The molecule has 0 aliphatic carbocycles. The first-order valence-electron chi connectivity index (χ1n) is 10.6. The molecule has 0 radical (unpaired) electrons. The number of pyridine rings is 1. The highest BCUT2D eigenvalue weighted by Gasteiger charge is 2.37. The summed E-state index contributed by atoms with van der Waals surface area (Å²) in [5.41, 5.74) is -0.626. The number of aromatic nitrogens is 2. The average Bonchev–Trinajstić information content (AvgIpc) is 3.32. The number of carbonyl (C=O) groups is 2. The topological polar surface area (TPSA) is 69.6 Å². The van der Waals surface area contributed by atoms with Crippen LogP contribution in [0.4, 0.5) is 13.2 Å². The fraction of sp³-hybridized carbons (Fsp3) is 0.364. The van der Waals surface area contributed by atoms with Crippen molar-refractivity contribution in [1.82, 2.24) is 24.7 Å². The molecule has 0 unspecified atom stereocenters. The lowest BCUT2D eigenvalue weighted by atomic mass is 10.0. The van der Waals surface area contributed by atoms with Crippen LogP contribution in [0.3, 0.4) is 0 Å². The van der Waals surface area contributed by atoms with E-state index in [4.69, 9.17) is 11.6 Å². The van der Waals surface area contributed by atoms with Crippen LogP contribution in [-0.4, -0.2) is 81.8 Å². The number of benzene rings is 1. The molecule has 0 saturated carbocycles. The Morgan fingerprint density at radius 1 is 1.03 bits per heavy atom. The Balaban J connectivity index is 1.19. The monoisotopic (exact) mass is 509 g/mol. The molecule has 2 amide bonds. The minimum absolute atomic E-state index is 0.0492. The van der Waals surface area contributed by atoms with Crippen LogP contribution in [0.25, 0.3) is 10.9 Å². The molecule has 1 aromatic carbocycles. The first kappa shape index (κ1) is 23.0. The van der Waals surface area contributed by atoms with Crippen LogP contribution in [0.5, 0.6) is 0 Å². The lowest BCUT2D eigenvalue weighted by molar-refractivity contribution is -0.140. The number of thiazole rings is 1. The number of hydrogen-bond acceptors (Lipinski definition) is 6. The van der Waals surface area contributed by atoms with E-state index >= 15 is 0 Å². The highest BCUT2D eigenvalue weighted by Crippen LogP contribution is 2.33. The van der Waals surface area contributed by atoms with Crippen LogP contribution in [0, 0.1) is 0 Å². The van der Waals surface area contributed by atoms with Crippen molar-refractivity contribution in [2.75, 3.05) is 39.3 Å². The molecule has 0 spiro atoms. The first-order chi connectivity index (χ1) is 16.2. The predicted octanol–water partition coefficient (Wildman–Crippen LogP) is 3.65. The zero-order chi connectivity index (χ0) is 24.0. The van der Waals surface area contributed by atoms with Gasteiger partial charge in [0.15, 0.2) is 5.01 Å². The van der Waals surface area contributed by atoms with Crippen molar-refractivity contribution in [2.45, 2.75) is 12.2 Å². The molecule has 2 aliphatic rings. The molecule has 0 N–H and O–H groups in total. The largest absolute Gasteiger partial charge is 0.433 e. The Bertz CT molecular complexity index is 1240. The minimum Gasteiger partial charge on any atom is -0.335 e. The highest BCUT2D eigenvalue weighted by molar-refractivity contribution is 7.11. The third-order valence-electron chi connectivity index (χ3n) is 6.18. The van der Waals surface area contributed by atoms with Gasteiger partial charge < -0.3 is 9.80 Å². The van der Waals surface area contributed by atoms with Gasteiger partial charge in [0.2, 0.25) is 0 Å². The maximum Gasteiger partial charge on any atom is 0.433 e. The van der Waals surface area contributed by atoms with Crippen molar-refractivity contribution in [3.8, 4) is 0 Å². The average molecular weight is 510 g/mol. The van der Waals surface area contributed by atoms with E-state index in [1.165, 1.54) is 29.5 Å². The summed E-state index contributed by atoms with van der Waals surface area (Å²) < 4.78 is 38.9. The van der Waals surface area contributed by atoms with Crippen molar-refractivity contribution in [3.63, 3.8) is 0 Å². The second-order valence-electron chi connectivity index (χ2n) is 8.25. The molecule has 178 valence electrons. The van der Waals surface area contributed by atoms with Crippen molar-refractivity contribution in [1.29, 1.82) is 0 Å². The molecule has 2 aromatic heterocycles. The number of fused-ring (bicyclic) bond motifs is 1. The Labute approximate surface area is 201 Å². The Kier molecular flexibility index (Phi) is 5.95. The number of alkyl halides is 3. The summed E-state index contributed by atoms with van der Waals surface area (Å²) in [4.78, 5) is 38.8. The third kappa shape index (κ3) is 4.35. The van der Waals surface area contributed by atoms with Gasteiger partial charge in [-0.25, -0.2) is 9.97 Å². The molecule has 12 heteroatoms. The van der Waals surface area contributed by atoms with Gasteiger partial charge in [0.05, 0.1) is 10.5 Å². The van der Waals surface area contributed by atoms with E-state index < -0.39 is 11.9 Å². The fourth-order valence-electron chi connectivity index (χ4n) is 4.25. The third-order valence-corrected chi connectivity index (χ3v) is 7.25. The van der Waals surface area contributed by atoms with Crippen LogP contribution in [0.1, 0.15) is 25.9 Å². The summed E-state index contributed by atoms with van der Waals surface area (Å²) in [6.45, 7) is 3.77. The number of amides is 2. The molecular weight excluding hydrogens is 491 g/mol. The maximum atomic E-state index is 13.0. The van der Waals surface area contributed by atoms with Crippen LogP contribution in [0.2, 0.25) is 5.02 Å². The van der Waals surface area contributed by atoms with E-state index in [1.807, 2.05) is 0 Å². The summed E-state index contributed by atoms with van der Waals surface area (Å²) in [6.07, 6.45) is -2.98. The van der Waals surface area contributed by atoms with Crippen molar-refractivity contribution in [3.05, 3.63) is 57.1 Å². The standard InChI is InChI=1S/C22H19ClF3N5O2S/c23-16-10-18(22(24,25)26)28-17-2-1-13(9-15(16)17)20(32)31-11-14(12-31)29-4-6-30(7-5-29)21(33)19-27-3-8-34-19/h1-3,8-10,14H,4-7,11-12H2. The van der Waals surface area contributed by atoms with Crippen LogP contribution in [0.15, 0.2) is 35.8 Å². The molecule has 2 aliphatic heterocycles. The second kappa shape index (κ2) is 8.79. The van der Waals surface area contributed by atoms with Gasteiger partial charge >= 0.3 is 6.18 Å². The molecule has 4 heterocycles. The molecular formula is C22H19ClF3N5O2S. The van der Waals surface area contributed by atoms with Crippen molar-refractivity contribution < 1.29 is 22.8 Å². The fourth-order valence-corrected chi connectivity index (χ4v) is 5.11. The highest BCUT2D eigenvalue weighted by atomic mass is 35.5. The maximum absolute atomic E-state index is 13.0. The predicted molar refractivity (Wildman–Crippen MR) is 121 cm³/mol. The minimum atomic E-state index is -4.60. The zero-order valence-corrected chi connectivity index (χ0v) is 19.3. The normalized spacial score (nSPS) is 17.8. The number of rotatable bonds is 3. The Hall–Kier alpha value is -2.76. The Morgan fingerprint density at radius 3 is 2.41 bits per heavy atom. The van der Waals surface area contributed by atoms with Gasteiger partial charge in [-0.3, -0.25) is 14.5 Å². The number of nitrogens with zero attached hydrogens (tertiary/aromatic N) is 5. The van der Waals surface area contributed by atoms with Gasteiger partial charge in [0.1, 0.15) is 5.69 Å². The lowest BCUT2D eigenvalue weighted by Gasteiger charge is -2.48. The van der Waals surface area contributed by atoms with Gasteiger partial charge in [-0.15, -0.1) is 11.3 Å². The van der Waals surface area contributed by atoms with Gasteiger partial charge in [0.25, 0.3) is 11.8 Å². The Morgan fingerprint density at radius 2 is 1.76 bits per heavy atom. The summed E-state index contributed by atoms with van der Waals surface area (Å²) >= 11 is 7.39. The number of carbonyl (C=O) groups excluding carboxylic acids is 2. The summed E-state index contributed by atoms with van der Waals surface area (Å²) in [7, 11) is 0. The van der Waals surface area contributed by atoms with Crippen molar-refractivity contribution in [2.24, 2.45) is 0 Å². The van der Waals surface area contributed by atoms with E-state index in [2.05, 4.69) is 14.9 Å². The molecule has 0 atom stereocenters.